The van der Waals surface area contributed by atoms with E-state index in [0.717, 1.165) is 5.75 Å². The summed E-state index contributed by atoms with van der Waals surface area (Å²) in [5.74, 6) is 1.34. The number of rotatable bonds is 6. The van der Waals surface area contributed by atoms with E-state index in [2.05, 4.69) is 10.3 Å². The number of hydrogen-bond donors (Lipinski definition) is 2. The molecule has 18 heavy (non-hydrogen) atoms. The summed E-state index contributed by atoms with van der Waals surface area (Å²) in [6.45, 7) is 3.92. The lowest BCUT2D eigenvalue weighted by atomic mass is 10.2. The van der Waals surface area contributed by atoms with Crippen molar-refractivity contribution in [3.05, 3.63) is 23.4 Å². The number of nitrogens with zero attached hydrogens (tertiary/aromatic N) is 1. The zero-order valence-electron chi connectivity index (χ0n) is 10.4. The standard InChI is InChI=1S/C12H17ClN2O2S/c1-8(6-16)7-18-9(2)12(17)15-11-4-3-10(13)5-14-11/h3-5,8-9,16H,6-7H2,1-2H3,(H,14,15,17). The summed E-state index contributed by atoms with van der Waals surface area (Å²) in [6, 6.07) is 3.34. The van der Waals surface area contributed by atoms with Gasteiger partial charge in [0.25, 0.3) is 0 Å². The third-order valence-electron chi connectivity index (χ3n) is 2.29. The average Bonchev–Trinajstić information content (AvgIpc) is 2.38. The Balaban J connectivity index is 2.42. The number of carbonyl (C=O) groups is 1. The number of aliphatic hydroxyl groups excluding tert-OH is 1. The Morgan fingerprint density at radius 1 is 1.56 bits per heavy atom. The van der Waals surface area contributed by atoms with E-state index in [9.17, 15) is 4.79 Å². The summed E-state index contributed by atoms with van der Waals surface area (Å²) in [7, 11) is 0. The molecule has 0 aliphatic carbocycles. The average molecular weight is 289 g/mol. The number of carbonyl (C=O) groups excluding carboxylic acids is 1. The molecule has 2 unspecified atom stereocenters. The van der Waals surface area contributed by atoms with Gasteiger partial charge in [-0.05, 0) is 30.7 Å². The van der Waals surface area contributed by atoms with Crippen molar-refractivity contribution in [2.75, 3.05) is 17.7 Å². The second kappa shape index (κ2) is 7.61. The quantitative estimate of drug-likeness (QED) is 0.844. The van der Waals surface area contributed by atoms with Crippen molar-refractivity contribution in [1.29, 1.82) is 0 Å². The van der Waals surface area contributed by atoms with E-state index in [1.165, 1.54) is 18.0 Å². The highest BCUT2D eigenvalue weighted by molar-refractivity contribution is 8.00. The molecule has 0 aromatic carbocycles. The maximum Gasteiger partial charge on any atom is 0.238 e. The fraction of sp³-hybridized carbons (Fsp3) is 0.500. The summed E-state index contributed by atoms with van der Waals surface area (Å²) >= 11 is 7.22. The first-order valence-corrected chi connectivity index (χ1v) is 7.10. The maximum atomic E-state index is 11.8. The van der Waals surface area contributed by atoms with Gasteiger partial charge in [0.1, 0.15) is 5.82 Å². The van der Waals surface area contributed by atoms with Gasteiger partial charge in [0.05, 0.1) is 10.3 Å². The molecular weight excluding hydrogens is 272 g/mol. The summed E-state index contributed by atoms with van der Waals surface area (Å²) in [6.07, 6.45) is 1.49. The minimum atomic E-state index is -0.184. The molecule has 1 rings (SSSR count). The molecule has 0 aliphatic rings. The fourth-order valence-corrected chi connectivity index (χ4v) is 2.16. The number of halogens is 1. The van der Waals surface area contributed by atoms with E-state index in [1.54, 1.807) is 12.1 Å². The van der Waals surface area contributed by atoms with Crippen molar-refractivity contribution in [2.45, 2.75) is 19.1 Å². The zero-order chi connectivity index (χ0) is 13.5. The highest BCUT2D eigenvalue weighted by Crippen LogP contribution is 2.17. The van der Waals surface area contributed by atoms with Crippen molar-refractivity contribution >= 4 is 35.1 Å². The minimum absolute atomic E-state index is 0.0973. The monoisotopic (exact) mass is 288 g/mol. The van der Waals surface area contributed by atoms with Gasteiger partial charge in [-0.1, -0.05) is 18.5 Å². The number of nitrogens with one attached hydrogen (secondary N) is 1. The predicted octanol–water partition coefficient (Wildman–Crippen LogP) is 2.42. The second-order valence-electron chi connectivity index (χ2n) is 4.11. The van der Waals surface area contributed by atoms with Crippen LogP contribution < -0.4 is 5.32 Å². The third kappa shape index (κ3) is 5.25. The molecule has 2 N–H and O–H groups in total. The molecular formula is C12H17ClN2O2S. The van der Waals surface area contributed by atoms with Crippen LogP contribution in [0.4, 0.5) is 5.82 Å². The SMILES string of the molecule is CC(CO)CSC(C)C(=O)Nc1ccc(Cl)cn1. The molecule has 0 saturated heterocycles. The zero-order valence-corrected chi connectivity index (χ0v) is 12.0. The number of aromatic nitrogens is 1. The van der Waals surface area contributed by atoms with Crippen LogP contribution in [0.2, 0.25) is 5.02 Å². The molecule has 0 radical (unpaired) electrons. The van der Waals surface area contributed by atoms with Crippen molar-refractivity contribution in [1.82, 2.24) is 4.98 Å². The van der Waals surface area contributed by atoms with Gasteiger partial charge in [-0.15, -0.1) is 11.8 Å². The summed E-state index contributed by atoms with van der Waals surface area (Å²) in [5.41, 5.74) is 0. The molecule has 1 heterocycles. The largest absolute Gasteiger partial charge is 0.396 e. The summed E-state index contributed by atoms with van der Waals surface area (Å²) in [4.78, 5) is 15.8. The van der Waals surface area contributed by atoms with Crippen LogP contribution in [0.3, 0.4) is 0 Å². The van der Waals surface area contributed by atoms with Gasteiger partial charge in [-0.25, -0.2) is 4.98 Å². The Morgan fingerprint density at radius 2 is 2.28 bits per heavy atom. The van der Waals surface area contributed by atoms with Crippen LogP contribution in [0.1, 0.15) is 13.8 Å². The van der Waals surface area contributed by atoms with Crippen LogP contribution in [-0.4, -0.2) is 33.6 Å². The first kappa shape index (κ1) is 15.3. The third-order valence-corrected chi connectivity index (χ3v) is 3.99. The number of thioether (sulfide) groups is 1. The van der Waals surface area contributed by atoms with Gasteiger partial charge in [0, 0.05) is 12.8 Å². The highest BCUT2D eigenvalue weighted by Gasteiger charge is 2.15. The predicted molar refractivity (Wildman–Crippen MR) is 76.0 cm³/mol. The van der Waals surface area contributed by atoms with Crippen LogP contribution in [-0.2, 0) is 4.79 Å². The van der Waals surface area contributed by atoms with Gasteiger partial charge in [0.2, 0.25) is 5.91 Å². The number of anilines is 1. The first-order chi connectivity index (χ1) is 8.52. The normalized spacial score (nSPS) is 14.0. The van der Waals surface area contributed by atoms with Gasteiger partial charge in [-0.2, -0.15) is 0 Å². The number of pyridine rings is 1. The van der Waals surface area contributed by atoms with Gasteiger partial charge >= 0.3 is 0 Å². The van der Waals surface area contributed by atoms with E-state index in [1.807, 2.05) is 13.8 Å². The van der Waals surface area contributed by atoms with E-state index in [4.69, 9.17) is 16.7 Å². The highest BCUT2D eigenvalue weighted by atomic mass is 35.5. The minimum Gasteiger partial charge on any atom is -0.396 e. The Morgan fingerprint density at radius 3 is 2.83 bits per heavy atom. The Kier molecular flexibility index (Phi) is 6.46. The van der Waals surface area contributed by atoms with E-state index in [-0.39, 0.29) is 23.7 Å². The fourth-order valence-electron chi connectivity index (χ4n) is 1.11. The molecule has 6 heteroatoms. The molecule has 0 bridgehead atoms. The van der Waals surface area contributed by atoms with Crippen LogP contribution >= 0.6 is 23.4 Å². The van der Waals surface area contributed by atoms with Crippen LogP contribution in [0.15, 0.2) is 18.3 Å². The molecule has 1 aromatic heterocycles. The Labute approximate surface area is 116 Å². The second-order valence-corrected chi connectivity index (χ2v) is 5.92. The first-order valence-electron chi connectivity index (χ1n) is 5.67. The molecule has 100 valence electrons. The van der Waals surface area contributed by atoms with Crippen LogP contribution in [0.25, 0.3) is 0 Å². The maximum absolute atomic E-state index is 11.8. The van der Waals surface area contributed by atoms with Gasteiger partial charge < -0.3 is 10.4 Å². The topological polar surface area (TPSA) is 62.2 Å². The Hall–Kier alpha value is -0.780. The number of aliphatic hydroxyl groups is 1. The lowest BCUT2D eigenvalue weighted by Gasteiger charge is -2.13. The van der Waals surface area contributed by atoms with Crippen molar-refractivity contribution in [2.24, 2.45) is 5.92 Å². The van der Waals surface area contributed by atoms with E-state index >= 15 is 0 Å². The number of amides is 1. The van der Waals surface area contributed by atoms with E-state index < -0.39 is 0 Å². The summed E-state index contributed by atoms with van der Waals surface area (Å²) < 4.78 is 0. The van der Waals surface area contributed by atoms with Crippen molar-refractivity contribution in [3.63, 3.8) is 0 Å². The smallest absolute Gasteiger partial charge is 0.238 e. The van der Waals surface area contributed by atoms with Crippen LogP contribution in [0, 0.1) is 5.92 Å². The van der Waals surface area contributed by atoms with Crippen molar-refractivity contribution in [3.8, 4) is 0 Å². The van der Waals surface area contributed by atoms with E-state index in [0.29, 0.717) is 10.8 Å². The molecule has 0 spiro atoms. The van der Waals surface area contributed by atoms with Crippen molar-refractivity contribution < 1.29 is 9.90 Å². The number of hydrogen-bond acceptors (Lipinski definition) is 4. The van der Waals surface area contributed by atoms with Gasteiger partial charge in [-0.3, -0.25) is 4.79 Å². The summed E-state index contributed by atoms with van der Waals surface area (Å²) in [5, 5.41) is 12.0. The molecule has 1 amide bonds. The van der Waals surface area contributed by atoms with Gasteiger partial charge in [0.15, 0.2) is 0 Å². The lowest BCUT2D eigenvalue weighted by Crippen LogP contribution is -2.24. The van der Waals surface area contributed by atoms with Crippen LogP contribution in [0.5, 0.6) is 0 Å². The molecule has 4 nitrogen and oxygen atoms in total. The molecule has 0 fully saturated rings. The Bertz CT molecular complexity index is 386. The molecule has 2 atom stereocenters. The molecule has 1 aromatic rings. The molecule has 0 aliphatic heterocycles. The lowest BCUT2D eigenvalue weighted by molar-refractivity contribution is -0.115. The molecule has 0 saturated carbocycles.